The molecule has 0 spiro atoms. The van der Waals surface area contributed by atoms with Crippen molar-refractivity contribution < 1.29 is 17.9 Å². The van der Waals surface area contributed by atoms with Crippen LogP contribution in [0.2, 0.25) is 0 Å². The van der Waals surface area contributed by atoms with Crippen molar-refractivity contribution in [2.24, 2.45) is 0 Å². The molecule has 0 bridgehead atoms. The number of nitrogens with zero attached hydrogens (tertiary/aromatic N) is 1. The molecule has 0 heterocycles. The normalized spacial score (nSPS) is 11.6. The molecule has 3 aromatic carbocycles. The van der Waals surface area contributed by atoms with Gasteiger partial charge in [0.2, 0.25) is 10.0 Å². The smallest absolute Gasteiger partial charge is 0.253 e. The van der Waals surface area contributed by atoms with Gasteiger partial charge >= 0.3 is 0 Å². The van der Waals surface area contributed by atoms with E-state index in [1.165, 1.54) is 35.6 Å². The fourth-order valence-corrected chi connectivity index (χ4v) is 4.50. The van der Waals surface area contributed by atoms with Crippen molar-refractivity contribution in [1.29, 1.82) is 0 Å². The van der Waals surface area contributed by atoms with Crippen LogP contribution in [0.1, 0.15) is 21.5 Å². The molecule has 6 nitrogen and oxygen atoms in total. The number of carbonyl (C=O) groups is 1. The van der Waals surface area contributed by atoms with Gasteiger partial charge in [0.05, 0.1) is 11.5 Å². The Hall–Kier alpha value is -2.74. The molecule has 0 saturated carbocycles. The zero-order valence-electron chi connectivity index (χ0n) is 18.1. The van der Waals surface area contributed by atoms with Crippen LogP contribution in [0.25, 0.3) is 10.8 Å². The van der Waals surface area contributed by atoms with E-state index in [9.17, 15) is 13.2 Å². The molecule has 3 aromatic rings. The van der Waals surface area contributed by atoms with Crippen molar-refractivity contribution >= 4 is 26.7 Å². The fraction of sp³-hybridized carbons (Fsp3) is 0.292. The van der Waals surface area contributed by atoms with Gasteiger partial charge in [-0.15, -0.1) is 0 Å². The lowest BCUT2D eigenvalue weighted by atomic mass is 10.0. The summed E-state index contributed by atoms with van der Waals surface area (Å²) in [6.45, 7) is 2.77. The van der Waals surface area contributed by atoms with E-state index in [0.717, 1.165) is 5.56 Å². The summed E-state index contributed by atoms with van der Waals surface area (Å²) in [6, 6.07) is 19.0. The second-order valence-corrected chi connectivity index (χ2v) is 9.25. The predicted octanol–water partition coefficient (Wildman–Crippen LogP) is 3.39. The molecule has 0 aliphatic rings. The highest BCUT2D eigenvalue weighted by atomic mass is 32.2. The molecule has 0 aliphatic heterocycles. The van der Waals surface area contributed by atoms with E-state index in [2.05, 4.69) is 29.0 Å². The van der Waals surface area contributed by atoms with Crippen LogP contribution in [-0.4, -0.2) is 53.1 Å². The summed E-state index contributed by atoms with van der Waals surface area (Å²) in [5.74, 6) is -0.202. The minimum Gasteiger partial charge on any atom is -0.383 e. The first-order valence-corrected chi connectivity index (χ1v) is 11.6. The first-order valence-electron chi connectivity index (χ1n) is 10.1. The number of hydrogen-bond acceptors (Lipinski definition) is 4. The number of likely N-dealkylation sites (N-methyl/N-ethyl adjacent to an activating group) is 1. The average Bonchev–Trinajstić information content (AvgIpc) is 2.77. The minimum atomic E-state index is -3.71. The summed E-state index contributed by atoms with van der Waals surface area (Å²) >= 11 is 0. The summed E-state index contributed by atoms with van der Waals surface area (Å²) in [4.78, 5) is 14.8. The largest absolute Gasteiger partial charge is 0.383 e. The number of nitrogens with one attached hydrogen (secondary N) is 1. The van der Waals surface area contributed by atoms with Gasteiger partial charge in [0.25, 0.3) is 5.91 Å². The number of benzene rings is 3. The number of amides is 1. The number of sulfonamides is 1. The molecule has 3 rings (SSSR count). The van der Waals surface area contributed by atoms with Crippen molar-refractivity contribution in [3.05, 3.63) is 77.4 Å². The Labute approximate surface area is 183 Å². The number of rotatable bonds is 9. The van der Waals surface area contributed by atoms with Crippen molar-refractivity contribution in [2.45, 2.75) is 18.2 Å². The van der Waals surface area contributed by atoms with Crippen LogP contribution >= 0.6 is 0 Å². The maximum atomic E-state index is 13.1. The number of ether oxygens (including phenoxy) is 1. The second-order valence-electron chi connectivity index (χ2n) is 7.48. The molecule has 0 saturated heterocycles. The Kier molecular flexibility index (Phi) is 7.43. The van der Waals surface area contributed by atoms with Gasteiger partial charge in [0, 0.05) is 32.8 Å². The predicted molar refractivity (Wildman–Crippen MR) is 123 cm³/mol. The van der Waals surface area contributed by atoms with Crippen LogP contribution in [0.5, 0.6) is 0 Å². The molecule has 7 heteroatoms. The average molecular weight is 441 g/mol. The molecule has 31 heavy (non-hydrogen) atoms. The summed E-state index contributed by atoms with van der Waals surface area (Å²) in [5.41, 5.74) is 2.29. The third-order valence-electron chi connectivity index (χ3n) is 5.29. The topological polar surface area (TPSA) is 75.7 Å². The van der Waals surface area contributed by atoms with Crippen molar-refractivity contribution in [3.63, 3.8) is 0 Å². The van der Waals surface area contributed by atoms with Gasteiger partial charge in [-0.2, -0.15) is 0 Å². The van der Waals surface area contributed by atoms with Crippen LogP contribution in [0, 0.1) is 6.92 Å². The van der Waals surface area contributed by atoms with Gasteiger partial charge in [-0.1, -0.05) is 48.5 Å². The fourth-order valence-electron chi connectivity index (χ4n) is 3.47. The van der Waals surface area contributed by atoms with Crippen molar-refractivity contribution in [2.75, 3.05) is 33.9 Å². The van der Waals surface area contributed by atoms with Crippen molar-refractivity contribution in [1.82, 2.24) is 9.62 Å². The Morgan fingerprint density at radius 1 is 1.06 bits per heavy atom. The first-order chi connectivity index (χ1) is 14.8. The van der Waals surface area contributed by atoms with Gasteiger partial charge in [-0.25, -0.2) is 13.1 Å². The monoisotopic (exact) mass is 440 g/mol. The maximum Gasteiger partial charge on any atom is 0.253 e. The molecule has 164 valence electrons. The molecular weight excluding hydrogens is 412 g/mol. The number of carbonyl (C=O) groups excluding carboxylic acids is 1. The lowest BCUT2D eigenvalue weighted by Crippen LogP contribution is -2.30. The van der Waals surface area contributed by atoms with Crippen LogP contribution in [0.4, 0.5) is 0 Å². The molecule has 1 N–H and O–H groups in total. The van der Waals surface area contributed by atoms with E-state index in [1.54, 1.807) is 24.9 Å². The molecule has 0 atom stereocenters. The zero-order chi connectivity index (χ0) is 22.4. The Morgan fingerprint density at radius 3 is 2.58 bits per heavy atom. The van der Waals surface area contributed by atoms with E-state index in [4.69, 9.17) is 4.74 Å². The molecule has 0 aliphatic carbocycles. The minimum absolute atomic E-state index is 0.0695. The Bertz CT molecular complexity index is 1170. The second kappa shape index (κ2) is 10.0. The number of methoxy groups -OCH3 is 1. The van der Waals surface area contributed by atoms with Gasteiger partial charge < -0.3 is 9.64 Å². The van der Waals surface area contributed by atoms with E-state index < -0.39 is 10.0 Å². The van der Waals surface area contributed by atoms with Gasteiger partial charge in [-0.3, -0.25) is 4.79 Å². The summed E-state index contributed by atoms with van der Waals surface area (Å²) < 4.78 is 32.4. The lowest BCUT2D eigenvalue weighted by Gasteiger charge is -2.19. The van der Waals surface area contributed by atoms with Gasteiger partial charge in [0.15, 0.2) is 0 Å². The molecule has 0 radical (unpaired) electrons. The highest BCUT2D eigenvalue weighted by Gasteiger charge is 2.20. The van der Waals surface area contributed by atoms with E-state index >= 15 is 0 Å². The third-order valence-corrected chi connectivity index (χ3v) is 6.75. The third kappa shape index (κ3) is 5.50. The highest BCUT2D eigenvalue weighted by Crippen LogP contribution is 2.20. The van der Waals surface area contributed by atoms with E-state index in [-0.39, 0.29) is 24.0 Å². The van der Waals surface area contributed by atoms with Crippen LogP contribution in [-0.2, 0) is 21.2 Å². The van der Waals surface area contributed by atoms with Crippen LogP contribution < -0.4 is 4.72 Å². The summed E-state index contributed by atoms with van der Waals surface area (Å²) in [6.07, 6.45) is 0.708. The Morgan fingerprint density at radius 2 is 1.81 bits per heavy atom. The van der Waals surface area contributed by atoms with Crippen LogP contribution in [0.15, 0.2) is 65.6 Å². The number of fused-ring (bicyclic) bond motifs is 1. The standard InChI is InChI=1S/C24H28N2O4S/c1-18-11-12-21(31(28,29)25-14-16-30-3)17-23(18)24(27)26(2)15-13-20-9-6-8-19-7-4-5-10-22(19)20/h4-12,17,25H,13-16H2,1-3H3. The Balaban J connectivity index is 1.75. The number of hydrogen-bond donors (Lipinski definition) is 1. The first kappa shape index (κ1) is 22.9. The van der Waals surface area contributed by atoms with Crippen LogP contribution in [0.3, 0.4) is 0 Å². The van der Waals surface area contributed by atoms with E-state index in [1.807, 2.05) is 18.2 Å². The maximum absolute atomic E-state index is 13.1. The molecule has 0 aromatic heterocycles. The molecule has 0 unspecified atom stereocenters. The summed E-state index contributed by atoms with van der Waals surface area (Å²) in [5, 5.41) is 2.35. The van der Waals surface area contributed by atoms with Crippen molar-refractivity contribution in [3.8, 4) is 0 Å². The molecule has 1 amide bonds. The number of aryl methyl sites for hydroxylation is 1. The van der Waals surface area contributed by atoms with Gasteiger partial charge in [0.1, 0.15) is 0 Å². The highest BCUT2D eigenvalue weighted by molar-refractivity contribution is 7.89. The quantitative estimate of drug-likeness (QED) is 0.518. The SMILES string of the molecule is COCCNS(=O)(=O)c1ccc(C)c(C(=O)N(C)CCc2cccc3ccccc23)c1. The molecular formula is C24H28N2O4S. The molecule has 0 fully saturated rings. The summed E-state index contributed by atoms with van der Waals surface area (Å²) in [7, 11) is -0.465. The zero-order valence-corrected chi connectivity index (χ0v) is 18.9. The van der Waals surface area contributed by atoms with Gasteiger partial charge in [-0.05, 0) is 47.4 Å². The lowest BCUT2D eigenvalue weighted by molar-refractivity contribution is 0.0795. The van der Waals surface area contributed by atoms with E-state index in [0.29, 0.717) is 18.5 Å².